The van der Waals surface area contributed by atoms with Gasteiger partial charge < -0.3 is 14.6 Å². The Morgan fingerprint density at radius 3 is 2.22 bits per heavy atom. The molecule has 0 aromatic heterocycles. The number of methoxy groups -OCH3 is 1. The van der Waals surface area contributed by atoms with Crippen LogP contribution < -0.4 is 4.74 Å². The van der Waals surface area contributed by atoms with E-state index >= 15 is 0 Å². The van der Waals surface area contributed by atoms with Gasteiger partial charge in [0, 0.05) is 0 Å². The minimum Gasteiger partial charge on any atom is -0.497 e. The van der Waals surface area contributed by atoms with Gasteiger partial charge >= 0.3 is 0 Å². The summed E-state index contributed by atoms with van der Waals surface area (Å²) in [6.45, 7) is 2.26. The minimum atomic E-state index is -0.514. The molecule has 1 heterocycles. The van der Waals surface area contributed by atoms with E-state index in [1.54, 1.807) is 7.11 Å². The first kappa shape index (κ1) is 18.3. The third kappa shape index (κ3) is 6.15. The smallest absolute Gasteiger partial charge is 0.118 e. The fourth-order valence-electron chi connectivity index (χ4n) is 3.14. The minimum absolute atomic E-state index is 0.0204. The van der Waals surface area contributed by atoms with Gasteiger partial charge in [-0.2, -0.15) is 0 Å². The second kappa shape index (κ2) is 9.94. The number of unbranched alkanes of at least 4 members (excludes halogenated alkanes) is 7. The van der Waals surface area contributed by atoms with Gasteiger partial charge in [0.25, 0.3) is 0 Å². The molecule has 0 saturated carbocycles. The molecule has 1 aliphatic rings. The molecule has 0 bridgehead atoms. The Morgan fingerprint density at radius 1 is 1.00 bits per heavy atom. The molecule has 2 rings (SSSR count). The van der Waals surface area contributed by atoms with Gasteiger partial charge in [0.15, 0.2) is 0 Å². The lowest BCUT2D eigenvalue weighted by Crippen LogP contribution is -2.08. The van der Waals surface area contributed by atoms with E-state index < -0.39 is 6.10 Å². The first-order valence-corrected chi connectivity index (χ1v) is 9.23. The van der Waals surface area contributed by atoms with E-state index in [0.29, 0.717) is 0 Å². The van der Waals surface area contributed by atoms with Crippen molar-refractivity contribution in [2.24, 2.45) is 0 Å². The monoisotopic (exact) mass is 320 g/mol. The van der Waals surface area contributed by atoms with Gasteiger partial charge in [0.2, 0.25) is 0 Å². The van der Waals surface area contributed by atoms with Crippen molar-refractivity contribution in [1.82, 2.24) is 0 Å². The second-order valence-electron chi connectivity index (χ2n) is 6.62. The second-order valence-corrected chi connectivity index (χ2v) is 6.62. The summed E-state index contributed by atoms with van der Waals surface area (Å²) in [5, 5.41) is 10.4. The third-order valence-electron chi connectivity index (χ3n) is 4.73. The van der Waals surface area contributed by atoms with Crippen molar-refractivity contribution in [2.75, 3.05) is 7.11 Å². The number of ether oxygens (including phenoxy) is 2. The molecular formula is C20H32O3. The molecule has 3 nitrogen and oxygen atoms in total. The van der Waals surface area contributed by atoms with Crippen LogP contribution in [0.1, 0.15) is 76.4 Å². The normalized spacial score (nSPS) is 21.2. The maximum absolute atomic E-state index is 10.4. The highest BCUT2D eigenvalue weighted by Gasteiger charge is 2.44. The van der Waals surface area contributed by atoms with Crippen LogP contribution in [0.5, 0.6) is 5.75 Å². The summed E-state index contributed by atoms with van der Waals surface area (Å²) >= 11 is 0. The van der Waals surface area contributed by atoms with Gasteiger partial charge in [-0.3, -0.25) is 0 Å². The molecule has 0 radical (unpaired) electrons. The fraction of sp³-hybridized carbons (Fsp3) is 0.700. The number of aliphatic hydroxyl groups excluding tert-OH is 1. The summed E-state index contributed by atoms with van der Waals surface area (Å²) in [7, 11) is 1.65. The Morgan fingerprint density at radius 2 is 1.61 bits per heavy atom. The van der Waals surface area contributed by atoms with Gasteiger partial charge in [0.05, 0.1) is 13.2 Å². The molecule has 3 heteroatoms. The molecule has 23 heavy (non-hydrogen) atoms. The molecule has 0 unspecified atom stereocenters. The van der Waals surface area contributed by atoms with E-state index in [0.717, 1.165) is 17.7 Å². The number of aliphatic hydroxyl groups is 1. The lowest BCUT2D eigenvalue weighted by Gasteiger charge is -2.09. The first-order chi connectivity index (χ1) is 11.3. The van der Waals surface area contributed by atoms with Crippen LogP contribution in [-0.2, 0) is 4.74 Å². The molecule has 3 atom stereocenters. The van der Waals surface area contributed by atoms with E-state index in [-0.39, 0.29) is 12.2 Å². The summed E-state index contributed by atoms with van der Waals surface area (Å²) < 4.78 is 10.8. The van der Waals surface area contributed by atoms with Gasteiger partial charge in [-0.25, -0.2) is 0 Å². The highest BCUT2D eigenvalue weighted by Crippen LogP contribution is 2.37. The van der Waals surface area contributed by atoms with Crippen LogP contribution in [0.4, 0.5) is 0 Å². The SMILES string of the molecule is CCCCCCCCCC[C@H]1O[C@@H]1[C@H](O)c1ccc(OC)cc1. The zero-order valence-electron chi connectivity index (χ0n) is 14.7. The van der Waals surface area contributed by atoms with Crippen molar-refractivity contribution in [3.05, 3.63) is 29.8 Å². The topological polar surface area (TPSA) is 42.0 Å². The summed E-state index contributed by atoms with van der Waals surface area (Å²) in [6.07, 6.45) is 11.4. The van der Waals surface area contributed by atoms with Crippen molar-refractivity contribution in [3.8, 4) is 5.75 Å². The van der Waals surface area contributed by atoms with Crippen LogP contribution in [0.3, 0.4) is 0 Å². The molecule has 0 aliphatic carbocycles. The van der Waals surface area contributed by atoms with Gasteiger partial charge in [-0.15, -0.1) is 0 Å². The molecular weight excluding hydrogens is 288 g/mol. The Labute approximate surface area is 141 Å². The largest absolute Gasteiger partial charge is 0.497 e. The summed E-state index contributed by atoms with van der Waals surface area (Å²) in [5.74, 6) is 0.813. The molecule has 1 fully saturated rings. The maximum atomic E-state index is 10.4. The molecule has 1 aromatic rings. The van der Waals surface area contributed by atoms with E-state index in [2.05, 4.69) is 6.92 Å². The van der Waals surface area contributed by atoms with Crippen LogP contribution in [0.25, 0.3) is 0 Å². The highest BCUT2D eigenvalue weighted by atomic mass is 16.6. The van der Waals surface area contributed by atoms with E-state index in [1.807, 2.05) is 24.3 Å². The Kier molecular flexibility index (Phi) is 7.90. The molecule has 1 saturated heterocycles. The standard InChI is InChI=1S/C20H32O3/c1-3-4-5-6-7-8-9-10-11-18-20(23-18)19(21)16-12-14-17(22-2)15-13-16/h12-15,18-21H,3-11H2,1-2H3/t18-,19-,20+/m1/s1. The summed E-state index contributed by atoms with van der Waals surface area (Å²) in [6, 6.07) is 7.60. The number of hydrogen-bond donors (Lipinski definition) is 1. The molecule has 1 aliphatic heterocycles. The Balaban J connectivity index is 1.56. The Hall–Kier alpha value is -1.06. The highest BCUT2D eigenvalue weighted by molar-refractivity contribution is 5.29. The van der Waals surface area contributed by atoms with Crippen LogP contribution in [0.15, 0.2) is 24.3 Å². The van der Waals surface area contributed by atoms with Crippen LogP contribution in [0, 0.1) is 0 Å². The van der Waals surface area contributed by atoms with E-state index in [9.17, 15) is 5.11 Å². The summed E-state index contributed by atoms with van der Waals surface area (Å²) in [4.78, 5) is 0. The number of hydrogen-bond acceptors (Lipinski definition) is 3. The summed E-state index contributed by atoms with van der Waals surface area (Å²) in [5.41, 5.74) is 0.911. The number of epoxide rings is 1. The van der Waals surface area contributed by atoms with Crippen molar-refractivity contribution < 1.29 is 14.6 Å². The number of rotatable bonds is 12. The average molecular weight is 320 g/mol. The van der Waals surface area contributed by atoms with Crippen molar-refractivity contribution in [2.45, 2.75) is 83.0 Å². The molecule has 0 spiro atoms. The quantitative estimate of drug-likeness (QED) is 0.434. The lowest BCUT2D eigenvalue weighted by atomic mass is 10.0. The van der Waals surface area contributed by atoms with Crippen molar-refractivity contribution >= 4 is 0 Å². The Bertz CT molecular complexity index is 429. The van der Waals surface area contributed by atoms with Crippen molar-refractivity contribution in [3.63, 3.8) is 0 Å². The van der Waals surface area contributed by atoms with E-state index in [1.165, 1.54) is 51.4 Å². The zero-order valence-corrected chi connectivity index (χ0v) is 14.7. The molecule has 0 amide bonds. The van der Waals surface area contributed by atoms with Crippen LogP contribution >= 0.6 is 0 Å². The third-order valence-corrected chi connectivity index (χ3v) is 4.73. The zero-order chi connectivity index (χ0) is 16.5. The van der Waals surface area contributed by atoms with Crippen LogP contribution in [-0.4, -0.2) is 24.4 Å². The van der Waals surface area contributed by atoms with Gasteiger partial charge in [-0.05, 0) is 24.1 Å². The first-order valence-electron chi connectivity index (χ1n) is 9.23. The van der Waals surface area contributed by atoms with Gasteiger partial charge in [0.1, 0.15) is 18.0 Å². The molecule has 1 N–H and O–H groups in total. The predicted molar refractivity (Wildman–Crippen MR) is 93.8 cm³/mol. The molecule has 130 valence electrons. The average Bonchev–Trinajstić information content (AvgIpc) is 3.36. The predicted octanol–water partition coefficient (Wildman–Crippen LogP) is 5.03. The maximum Gasteiger partial charge on any atom is 0.118 e. The number of benzene rings is 1. The lowest BCUT2D eigenvalue weighted by molar-refractivity contribution is 0.136. The molecule has 1 aromatic carbocycles. The van der Waals surface area contributed by atoms with Gasteiger partial charge in [-0.1, -0.05) is 70.4 Å². The van der Waals surface area contributed by atoms with E-state index in [4.69, 9.17) is 9.47 Å². The van der Waals surface area contributed by atoms with Crippen molar-refractivity contribution in [1.29, 1.82) is 0 Å². The fourth-order valence-corrected chi connectivity index (χ4v) is 3.14. The van der Waals surface area contributed by atoms with Crippen LogP contribution in [0.2, 0.25) is 0 Å².